The van der Waals surface area contributed by atoms with E-state index < -0.39 is 5.60 Å². The number of nitrogens with zero attached hydrogens (tertiary/aromatic N) is 1. The van der Waals surface area contributed by atoms with Gasteiger partial charge >= 0.3 is 6.09 Å². The number of hydrogen-bond acceptors (Lipinski definition) is 3. The van der Waals surface area contributed by atoms with E-state index in [2.05, 4.69) is 27.7 Å². The van der Waals surface area contributed by atoms with Crippen LogP contribution in [0.3, 0.4) is 0 Å². The molecule has 4 heteroatoms. The quantitative estimate of drug-likeness (QED) is 0.711. The predicted octanol–water partition coefficient (Wildman–Crippen LogP) is 4.85. The predicted molar refractivity (Wildman–Crippen MR) is 106 cm³/mol. The summed E-state index contributed by atoms with van der Waals surface area (Å²) in [5, 5.41) is 10.9. The molecule has 1 N–H and O–H groups in total. The zero-order chi connectivity index (χ0) is 19.8. The number of carbonyl (C=O) groups excluding carboxylic acids is 1. The molecule has 1 amide bonds. The zero-order valence-corrected chi connectivity index (χ0v) is 18.2. The van der Waals surface area contributed by atoms with Gasteiger partial charge in [0.1, 0.15) is 6.10 Å². The topological polar surface area (TPSA) is 49.8 Å². The number of amides is 1. The third-order valence-electron chi connectivity index (χ3n) is 9.61. The molecule has 0 radical (unpaired) electrons. The van der Waals surface area contributed by atoms with Gasteiger partial charge in [0.15, 0.2) is 0 Å². The Morgan fingerprint density at radius 1 is 1.00 bits per heavy atom. The first-order chi connectivity index (χ1) is 12.4. The van der Waals surface area contributed by atoms with E-state index in [1.165, 1.54) is 25.7 Å². The summed E-state index contributed by atoms with van der Waals surface area (Å²) in [5.74, 6) is 1.86. The van der Waals surface area contributed by atoms with Gasteiger partial charge in [0, 0.05) is 14.1 Å². The Morgan fingerprint density at radius 2 is 1.70 bits per heavy atom. The van der Waals surface area contributed by atoms with Crippen LogP contribution in [0, 0.1) is 34.0 Å². The first-order valence-electron chi connectivity index (χ1n) is 11.0. The summed E-state index contributed by atoms with van der Waals surface area (Å²) in [5.41, 5.74) is 0.209. The summed E-state index contributed by atoms with van der Waals surface area (Å²) >= 11 is 0. The van der Waals surface area contributed by atoms with Crippen LogP contribution in [0.15, 0.2) is 0 Å². The van der Waals surface area contributed by atoms with Gasteiger partial charge in [-0.3, -0.25) is 0 Å². The van der Waals surface area contributed by atoms with Crippen molar-refractivity contribution in [3.05, 3.63) is 0 Å². The Morgan fingerprint density at radius 3 is 2.37 bits per heavy atom. The lowest BCUT2D eigenvalue weighted by Crippen LogP contribution is -2.61. The van der Waals surface area contributed by atoms with Crippen molar-refractivity contribution in [1.82, 2.24) is 4.90 Å². The van der Waals surface area contributed by atoms with E-state index >= 15 is 0 Å². The molecule has 0 unspecified atom stereocenters. The van der Waals surface area contributed by atoms with Gasteiger partial charge in [-0.05, 0) is 92.3 Å². The third-order valence-corrected chi connectivity index (χ3v) is 9.61. The largest absolute Gasteiger partial charge is 0.446 e. The maximum absolute atomic E-state index is 12.3. The molecule has 0 aliphatic heterocycles. The van der Waals surface area contributed by atoms with Gasteiger partial charge in [-0.15, -0.1) is 0 Å². The van der Waals surface area contributed by atoms with Crippen LogP contribution in [0.2, 0.25) is 0 Å². The van der Waals surface area contributed by atoms with E-state index in [4.69, 9.17) is 4.74 Å². The van der Waals surface area contributed by atoms with E-state index in [9.17, 15) is 9.90 Å². The van der Waals surface area contributed by atoms with Gasteiger partial charge in [-0.25, -0.2) is 4.79 Å². The lowest BCUT2D eigenvalue weighted by molar-refractivity contribution is -0.194. The Balaban J connectivity index is 1.69. The van der Waals surface area contributed by atoms with Crippen molar-refractivity contribution in [2.24, 2.45) is 34.0 Å². The monoisotopic (exact) mass is 377 g/mol. The minimum atomic E-state index is -0.491. The van der Waals surface area contributed by atoms with Crippen LogP contribution in [-0.2, 0) is 4.74 Å². The van der Waals surface area contributed by atoms with E-state index in [0.717, 1.165) is 31.6 Å². The smallest absolute Gasteiger partial charge is 0.409 e. The van der Waals surface area contributed by atoms with Crippen LogP contribution in [-0.4, -0.2) is 41.9 Å². The van der Waals surface area contributed by atoms with E-state index in [1.807, 2.05) is 0 Å². The average molecular weight is 378 g/mol. The third kappa shape index (κ3) is 2.68. The molecule has 4 aliphatic rings. The van der Waals surface area contributed by atoms with Gasteiger partial charge in [-0.2, -0.15) is 0 Å². The molecule has 0 aromatic heterocycles. The van der Waals surface area contributed by atoms with Gasteiger partial charge in [0.2, 0.25) is 0 Å². The molecular formula is C23H39NO3. The maximum Gasteiger partial charge on any atom is 0.409 e. The Labute approximate surface area is 165 Å². The number of rotatable bonds is 1. The number of hydrogen-bond donors (Lipinski definition) is 1. The highest BCUT2D eigenvalue weighted by Crippen LogP contribution is 2.75. The average Bonchev–Trinajstić information content (AvgIpc) is 2.88. The zero-order valence-electron chi connectivity index (χ0n) is 18.2. The van der Waals surface area contributed by atoms with Crippen LogP contribution >= 0.6 is 0 Å². The fraction of sp³-hybridized carbons (Fsp3) is 0.957. The molecule has 27 heavy (non-hydrogen) atoms. The molecular weight excluding hydrogens is 338 g/mol. The standard InChI is InChI=1S/C23H39NO3/c1-20(2)13-17(27-19(25)24(5)6)14-21(3)18(20)8-7-15-11-16-12-23(15,21)10-9-22(16,4)26/h15-18,26H,7-14H2,1-6H3/t15-,16-,17-,18-,21-,22-,23+/m0/s1. The second-order valence-corrected chi connectivity index (χ2v) is 11.7. The highest BCUT2D eigenvalue weighted by molar-refractivity contribution is 5.67. The van der Waals surface area contributed by atoms with Crippen LogP contribution in [0.1, 0.15) is 79.1 Å². The van der Waals surface area contributed by atoms with Crippen molar-refractivity contribution >= 4 is 6.09 Å². The van der Waals surface area contributed by atoms with Crippen molar-refractivity contribution in [2.45, 2.75) is 90.8 Å². The van der Waals surface area contributed by atoms with Crippen molar-refractivity contribution in [2.75, 3.05) is 14.1 Å². The van der Waals surface area contributed by atoms with Crippen molar-refractivity contribution in [3.8, 4) is 0 Å². The van der Waals surface area contributed by atoms with Crippen molar-refractivity contribution < 1.29 is 14.6 Å². The van der Waals surface area contributed by atoms with Crippen molar-refractivity contribution in [1.29, 1.82) is 0 Å². The molecule has 4 nitrogen and oxygen atoms in total. The van der Waals surface area contributed by atoms with Crippen molar-refractivity contribution in [3.63, 3.8) is 0 Å². The first-order valence-corrected chi connectivity index (χ1v) is 11.0. The fourth-order valence-electron chi connectivity index (χ4n) is 8.34. The van der Waals surface area contributed by atoms with E-state index in [1.54, 1.807) is 19.0 Å². The molecule has 4 rings (SSSR count). The molecule has 154 valence electrons. The normalized spacial score (nSPS) is 50.5. The molecule has 1 spiro atoms. The number of carbonyl (C=O) groups is 1. The molecule has 4 aliphatic carbocycles. The second kappa shape index (κ2) is 5.87. The maximum atomic E-state index is 12.3. The minimum Gasteiger partial charge on any atom is -0.446 e. The van der Waals surface area contributed by atoms with Gasteiger partial charge in [-0.1, -0.05) is 20.8 Å². The van der Waals surface area contributed by atoms with Crippen LogP contribution in [0.4, 0.5) is 4.79 Å². The lowest BCUT2D eigenvalue weighted by atomic mass is 9.39. The van der Waals surface area contributed by atoms with Crippen LogP contribution in [0.5, 0.6) is 0 Å². The number of aliphatic hydroxyl groups is 1. The van der Waals surface area contributed by atoms with Gasteiger partial charge in [0.25, 0.3) is 0 Å². The van der Waals surface area contributed by atoms with Gasteiger partial charge < -0.3 is 14.7 Å². The second-order valence-electron chi connectivity index (χ2n) is 11.7. The summed E-state index contributed by atoms with van der Waals surface area (Å²) in [7, 11) is 3.53. The summed E-state index contributed by atoms with van der Waals surface area (Å²) in [6.45, 7) is 9.37. The SMILES string of the molecule is CN(C)C(=O)O[C@H]1CC(C)(C)[C@@H]2CC[C@H]3C[C@H]4C[C@@]3(CC[C@]4(C)O)[C@@]2(C)C1. The molecule has 0 saturated heterocycles. The molecule has 4 saturated carbocycles. The highest BCUT2D eigenvalue weighted by Gasteiger charge is 2.69. The Kier molecular flexibility index (Phi) is 4.25. The molecule has 0 aromatic carbocycles. The summed E-state index contributed by atoms with van der Waals surface area (Å²) in [6, 6.07) is 0. The molecule has 4 fully saturated rings. The van der Waals surface area contributed by atoms with Gasteiger partial charge in [0.05, 0.1) is 5.60 Å². The summed E-state index contributed by atoms with van der Waals surface area (Å²) < 4.78 is 5.96. The number of fused-ring (bicyclic) bond motifs is 2. The fourth-order valence-corrected chi connectivity index (χ4v) is 8.34. The Bertz CT molecular complexity index is 627. The minimum absolute atomic E-state index is 0.00533. The van der Waals surface area contributed by atoms with E-state index in [0.29, 0.717) is 17.3 Å². The van der Waals surface area contributed by atoms with Crippen LogP contribution in [0.25, 0.3) is 0 Å². The molecule has 0 aromatic rings. The van der Waals surface area contributed by atoms with Crippen LogP contribution < -0.4 is 0 Å². The molecule has 2 bridgehead atoms. The Hall–Kier alpha value is -0.770. The molecule has 0 heterocycles. The summed E-state index contributed by atoms with van der Waals surface area (Å²) in [4.78, 5) is 13.8. The highest BCUT2D eigenvalue weighted by atomic mass is 16.6. The van der Waals surface area contributed by atoms with E-state index in [-0.39, 0.29) is 23.0 Å². The lowest BCUT2D eigenvalue weighted by Gasteiger charge is -2.66. The number of ether oxygens (including phenoxy) is 1. The summed E-state index contributed by atoms with van der Waals surface area (Å²) in [6.07, 6.45) is 8.79. The molecule has 7 atom stereocenters. The first kappa shape index (κ1) is 19.5.